The van der Waals surface area contributed by atoms with E-state index in [1.54, 1.807) is 7.05 Å². The molecule has 2 aromatic carbocycles. The Morgan fingerprint density at radius 1 is 1.06 bits per heavy atom. The third-order valence-electron chi connectivity index (χ3n) is 6.25. The zero-order chi connectivity index (χ0) is 21.5. The molecule has 2 N–H and O–H groups in total. The van der Waals surface area contributed by atoms with Gasteiger partial charge in [-0.15, -0.1) is 0 Å². The summed E-state index contributed by atoms with van der Waals surface area (Å²) >= 11 is 0. The Balaban J connectivity index is 1.19. The van der Waals surface area contributed by atoms with Crippen LogP contribution >= 0.6 is 0 Å². The van der Waals surface area contributed by atoms with Crippen molar-refractivity contribution in [1.82, 2.24) is 15.5 Å². The van der Waals surface area contributed by atoms with Gasteiger partial charge in [0.2, 0.25) is 5.91 Å². The van der Waals surface area contributed by atoms with E-state index in [0.717, 1.165) is 44.2 Å². The molecule has 0 spiro atoms. The van der Waals surface area contributed by atoms with Crippen LogP contribution in [0.15, 0.2) is 65.7 Å². The molecule has 4 rings (SSSR count). The van der Waals surface area contributed by atoms with Gasteiger partial charge in [0.25, 0.3) is 0 Å². The first-order valence-corrected chi connectivity index (χ1v) is 11.3. The van der Waals surface area contributed by atoms with Gasteiger partial charge in [0.05, 0.1) is 6.04 Å². The Labute approximate surface area is 185 Å². The van der Waals surface area contributed by atoms with Gasteiger partial charge in [-0.3, -0.25) is 9.79 Å². The lowest BCUT2D eigenvalue weighted by Gasteiger charge is -2.20. The highest BCUT2D eigenvalue weighted by atomic mass is 16.2. The van der Waals surface area contributed by atoms with Gasteiger partial charge >= 0.3 is 0 Å². The van der Waals surface area contributed by atoms with Crippen LogP contribution in [-0.2, 0) is 11.2 Å². The molecular formula is C25H33N5O. The number of guanidine groups is 1. The Morgan fingerprint density at radius 2 is 1.81 bits per heavy atom. The van der Waals surface area contributed by atoms with Crippen molar-refractivity contribution in [3.63, 3.8) is 0 Å². The molecule has 0 bridgehead atoms. The van der Waals surface area contributed by atoms with Crippen LogP contribution < -0.4 is 15.5 Å². The van der Waals surface area contributed by atoms with Crippen LogP contribution in [0, 0.1) is 5.92 Å². The SMILES string of the molecule is CN=C(NCC1CCN(CCc2ccccc2)C1)NC1CC(=O)N(c2ccccc2)C1. The standard InChI is InChI=1S/C25H33N5O/c1-26-25(28-22-16-24(31)30(19-22)23-10-6-3-7-11-23)27-17-21-13-15-29(18-21)14-12-20-8-4-2-5-9-20/h2-11,21-22H,12-19H2,1H3,(H2,26,27,28). The van der Waals surface area contributed by atoms with Crippen LogP contribution in [0.4, 0.5) is 5.69 Å². The Kier molecular flexibility index (Phi) is 7.20. The summed E-state index contributed by atoms with van der Waals surface area (Å²) in [6, 6.07) is 20.7. The monoisotopic (exact) mass is 419 g/mol. The lowest BCUT2D eigenvalue weighted by atomic mass is 10.1. The predicted octanol–water partition coefficient (Wildman–Crippen LogP) is 2.52. The minimum atomic E-state index is 0.0739. The van der Waals surface area contributed by atoms with Gasteiger partial charge in [-0.1, -0.05) is 48.5 Å². The lowest BCUT2D eigenvalue weighted by molar-refractivity contribution is -0.117. The zero-order valence-corrected chi connectivity index (χ0v) is 18.3. The molecule has 6 heteroatoms. The van der Waals surface area contributed by atoms with E-state index in [0.29, 0.717) is 18.9 Å². The second-order valence-electron chi connectivity index (χ2n) is 8.53. The molecule has 2 atom stereocenters. The number of nitrogens with zero attached hydrogens (tertiary/aromatic N) is 3. The van der Waals surface area contributed by atoms with Gasteiger partial charge in [-0.05, 0) is 43.0 Å². The summed E-state index contributed by atoms with van der Waals surface area (Å²) in [7, 11) is 1.79. The molecule has 2 unspecified atom stereocenters. The number of para-hydroxylation sites is 1. The molecule has 2 aromatic rings. The number of hydrogen-bond donors (Lipinski definition) is 2. The number of aliphatic imine (C=N–C) groups is 1. The largest absolute Gasteiger partial charge is 0.356 e. The molecule has 2 fully saturated rings. The first-order chi connectivity index (χ1) is 15.2. The molecule has 2 aliphatic rings. The first-order valence-electron chi connectivity index (χ1n) is 11.3. The molecule has 31 heavy (non-hydrogen) atoms. The van der Waals surface area contributed by atoms with E-state index < -0.39 is 0 Å². The highest BCUT2D eigenvalue weighted by Gasteiger charge is 2.31. The van der Waals surface area contributed by atoms with Crippen molar-refractivity contribution < 1.29 is 4.79 Å². The maximum Gasteiger partial charge on any atom is 0.229 e. The normalized spacial score (nSPS) is 22.2. The molecule has 1 amide bonds. The number of likely N-dealkylation sites (tertiary alicyclic amines) is 1. The summed E-state index contributed by atoms with van der Waals surface area (Å²) in [5, 5.41) is 6.92. The second kappa shape index (κ2) is 10.4. The fourth-order valence-corrected chi connectivity index (χ4v) is 4.51. The molecule has 2 saturated heterocycles. The summed E-state index contributed by atoms with van der Waals surface area (Å²) in [6.45, 7) is 4.98. The quantitative estimate of drug-likeness (QED) is 0.535. The van der Waals surface area contributed by atoms with Gasteiger partial charge in [-0.2, -0.15) is 0 Å². The summed E-state index contributed by atoms with van der Waals surface area (Å²) in [5.41, 5.74) is 2.37. The van der Waals surface area contributed by atoms with Crippen LogP contribution in [0.3, 0.4) is 0 Å². The van der Waals surface area contributed by atoms with Crippen molar-refractivity contribution in [2.45, 2.75) is 25.3 Å². The van der Waals surface area contributed by atoms with E-state index in [4.69, 9.17) is 0 Å². The molecule has 2 heterocycles. The highest BCUT2D eigenvalue weighted by molar-refractivity contribution is 5.97. The number of rotatable bonds is 7. The average Bonchev–Trinajstić information content (AvgIpc) is 3.42. The van der Waals surface area contributed by atoms with Crippen LogP contribution in [0.5, 0.6) is 0 Å². The topological polar surface area (TPSA) is 60.0 Å². The Morgan fingerprint density at radius 3 is 2.55 bits per heavy atom. The average molecular weight is 420 g/mol. The molecule has 6 nitrogen and oxygen atoms in total. The minimum Gasteiger partial charge on any atom is -0.356 e. The van der Waals surface area contributed by atoms with Gasteiger partial charge in [0, 0.05) is 45.3 Å². The highest BCUT2D eigenvalue weighted by Crippen LogP contribution is 2.21. The molecule has 0 radical (unpaired) electrons. The van der Waals surface area contributed by atoms with Crippen LogP contribution in [0.25, 0.3) is 0 Å². The van der Waals surface area contributed by atoms with Crippen LogP contribution in [0.2, 0.25) is 0 Å². The van der Waals surface area contributed by atoms with E-state index in [-0.39, 0.29) is 11.9 Å². The van der Waals surface area contributed by atoms with Crippen molar-refractivity contribution in [2.75, 3.05) is 44.7 Å². The summed E-state index contributed by atoms with van der Waals surface area (Å²) in [5.74, 6) is 1.57. The second-order valence-corrected chi connectivity index (χ2v) is 8.53. The molecule has 164 valence electrons. The van der Waals surface area contributed by atoms with Gasteiger partial charge < -0.3 is 20.4 Å². The van der Waals surface area contributed by atoms with Gasteiger partial charge in [0.15, 0.2) is 5.96 Å². The van der Waals surface area contributed by atoms with Crippen molar-refractivity contribution >= 4 is 17.6 Å². The summed E-state index contributed by atoms with van der Waals surface area (Å²) < 4.78 is 0. The maximum atomic E-state index is 12.4. The number of amides is 1. The number of anilines is 1. The summed E-state index contributed by atoms with van der Waals surface area (Å²) in [4.78, 5) is 21.2. The van der Waals surface area contributed by atoms with Gasteiger partial charge in [-0.25, -0.2) is 0 Å². The fraction of sp³-hybridized carbons (Fsp3) is 0.440. The molecule has 0 saturated carbocycles. The van der Waals surface area contributed by atoms with Crippen molar-refractivity contribution in [1.29, 1.82) is 0 Å². The van der Waals surface area contributed by atoms with E-state index in [9.17, 15) is 4.79 Å². The summed E-state index contributed by atoms with van der Waals surface area (Å²) in [6.07, 6.45) is 2.81. The molecular weight excluding hydrogens is 386 g/mol. The molecule has 2 aliphatic heterocycles. The Hall–Kier alpha value is -2.86. The van der Waals surface area contributed by atoms with E-state index >= 15 is 0 Å². The van der Waals surface area contributed by atoms with E-state index in [1.165, 1.54) is 12.0 Å². The number of carbonyl (C=O) groups excluding carboxylic acids is 1. The Bertz CT molecular complexity index is 870. The fourth-order valence-electron chi connectivity index (χ4n) is 4.51. The number of carbonyl (C=O) groups is 1. The molecule has 0 aromatic heterocycles. The number of benzene rings is 2. The van der Waals surface area contributed by atoms with E-state index in [2.05, 4.69) is 50.9 Å². The van der Waals surface area contributed by atoms with Crippen LogP contribution in [0.1, 0.15) is 18.4 Å². The van der Waals surface area contributed by atoms with Crippen LogP contribution in [-0.4, -0.2) is 62.6 Å². The smallest absolute Gasteiger partial charge is 0.229 e. The van der Waals surface area contributed by atoms with Crippen molar-refractivity contribution in [3.8, 4) is 0 Å². The molecule has 0 aliphatic carbocycles. The number of hydrogen-bond acceptors (Lipinski definition) is 3. The zero-order valence-electron chi connectivity index (χ0n) is 18.3. The first kappa shape index (κ1) is 21.4. The number of nitrogens with one attached hydrogen (secondary N) is 2. The van der Waals surface area contributed by atoms with Gasteiger partial charge in [0.1, 0.15) is 0 Å². The minimum absolute atomic E-state index is 0.0739. The third kappa shape index (κ3) is 5.85. The lowest BCUT2D eigenvalue weighted by Crippen LogP contribution is -2.46. The van der Waals surface area contributed by atoms with Crippen molar-refractivity contribution in [3.05, 3.63) is 66.2 Å². The predicted molar refractivity (Wildman–Crippen MR) is 126 cm³/mol. The maximum absolute atomic E-state index is 12.4. The van der Waals surface area contributed by atoms with E-state index in [1.807, 2.05) is 35.2 Å². The van der Waals surface area contributed by atoms with Crippen molar-refractivity contribution in [2.24, 2.45) is 10.9 Å². The third-order valence-corrected chi connectivity index (χ3v) is 6.25.